The summed E-state index contributed by atoms with van der Waals surface area (Å²) in [6, 6.07) is 16.2. The van der Waals surface area contributed by atoms with Gasteiger partial charge in [0.25, 0.3) is 0 Å². The minimum Gasteiger partial charge on any atom is -0.342 e. The zero-order valence-corrected chi connectivity index (χ0v) is 10.6. The van der Waals surface area contributed by atoms with E-state index < -0.39 is 0 Å². The quantitative estimate of drug-likeness (QED) is 0.771. The van der Waals surface area contributed by atoms with Crippen molar-refractivity contribution in [1.29, 1.82) is 0 Å². The van der Waals surface area contributed by atoms with Gasteiger partial charge in [-0.1, -0.05) is 36.4 Å². The largest absolute Gasteiger partial charge is 0.342 e. The van der Waals surface area contributed by atoms with Gasteiger partial charge in [0.15, 0.2) is 0 Å². The molecule has 1 aromatic carbocycles. The first-order chi connectivity index (χ1) is 9.42. The van der Waals surface area contributed by atoms with E-state index in [1.54, 1.807) is 0 Å². The lowest BCUT2D eigenvalue weighted by Gasteiger charge is -1.98. The summed E-state index contributed by atoms with van der Waals surface area (Å²) < 4.78 is 0. The molecule has 0 saturated carbocycles. The Balaban J connectivity index is 1.69. The van der Waals surface area contributed by atoms with Crippen molar-refractivity contribution in [2.24, 2.45) is 0 Å². The first kappa shape index (κ1) is 11.7. The highest BCUT2D eigenvalue weighted by Crippen LogP contribution is 2.16. The zero-order valence-electron chi connectivity index (χ0n) is 10.6. The van der Waals surface area contributed by atoms with Crippen molar-refractivity contribution in [2.45, 2.75) is 12.8 Å². The molecule has 0 bridgehead atoms. The summed E-state index contributed by atoms with van der Waals surface area (Å²) in [4.78, 5) is 12.1. The predicted octanol–water partition coefficient (Wildman–Crippen LogP) is 3.26. The van der Waals surface area contributed by atoms with Crippen LogP contribution >= 0.6 is 0 Å². The molecule has 0 aliphatic carbocycles. The lowest BCUT2D eigenvalue weighted by atomic mass is 10.2. The van der Waals surface area contributed by atoms with E-state index in [1.807, 2.05) is 48.8 Å². The van der Waals surface area contributed by atoms with Gasteiger partial charge in [-0.3, -0.25) is 4.98 Å². The van der Waals surface area contributed by atoms with Gasteiger partial charge in [0.2, 0.25) is 0 Å². The molecule has 0 radical (unpaired) electrons. The highest BCUT2D eigenvalue weighted by atomic mass is 14.9. The lowest BCUT2D eigenvalue weighted by molar-refractivity contribution is 0.857. The maximum Gasteiger partial charge on any atom is 0.106 e. The van der Waals surface area contributed by atoms with Crippen molar-refractivity contribution >= 4 is 0 Å². The Kier molecular flexibility index (Phi) is 3.36. The number of rotatable bonds is 4. The summed E-state index contributed by atoms with van der Waals surface area (Å²) in [5.74, 6) is 1.00. The third-order valence-corrected chi connectivity index (χ3v) is 3.06. The van der Waals surface area contributed by atoms with Gasteiger partial charge in [-0.2, -0.15) is 0 Å². The number of H-pyrrole nitrogens is 1. The van der Waals surface area contributed by atoms with Gasteiger partial charge in [-0.05, 0) is 24.1 Å². The highest BCUT2D eigenvalue weighted by Gasteiger charge is 2.03. The Morgan fingerprint density at radius 1 is 0.842 bits per heavy atom. The van der Waals surface area contributed by atoms with Crippen LogP contribution in [-0.4, -0.2) is 15.0 Å². The molecule has 94 valence electrons. The van der Waals surface area contributed by atoms with E-state index in [-0.39, 0.29) is 0 Å². The zero-order chi connectivity index (χ0) is 12.9. The number of nitrogens with zero attached hydrogens (tertiary/aromatic N) is 2. The molecule has 3 nitrogen and oxygen atoms in total. The van der Waals surface area contributed by atoms with E-state index in [2.05, 4.69) is 27.1 Å². The van der Waals surface area contributed by atoms with Gasteiger partial charge in [0.1, 0.15) is 5.82 Å². The molecule has 0 atom stereocenters. The Morgan fingerprint density at radius 3 is 2.47 bits per heavy atom. The van der Waals surface area contributed by atoms with Crippen molar-refractivity contribution < 1.29 is 0 Å². The number of aromatic amines is 1. The number of aryl methyl sites for hydroxylation is 2. The van der Waals surface area contributed by atoms with E-state index in [4.69, 9.17) is 0 Å². The number of imidazole rings is 1. The minimum atomic E-state index is 0.879. The second-order valence-corrected chi connectivity index (χ2v) is 4.43. The predicted molar refractivity (Wildman–Crippen MR) is 75.7 cm³/mol. The number of hydrogen-bond donors (Lipinski definition) is 1. The fourth-order valence-electron chi connectivity index (χ4n) is 2.05. The number of aromatic nitrogens is 3. The van der Waals surface area contributed by atoms with E-state index in [9.17, 15) is 0 Å². The van der Waals surface area contributed by atoms with Crippen molar-refractivity contribution in [2.75, 3.05) is 0 Å². The maximum atomic E-state index is 4.42. The SMILES string of the molecule is c1ccc(-c2cnc(CCc3ccccn3)[nH]2)cc1. The van der Waals surface area contributed by atoms with E-state index in [1.165, 1.54) is 5.56 Å². The summed E-state index contributed by atoms with van der Waals surface area (Å²) >= 11 is 0. The van der Waals surface area contributed by atoms with Crippen LogP contribution in [0.4, 0.5) is 0 Å². The average molecular weight is 249 g/mol. The average Bonchev–Trinajstić information content (AvgIpc) is 2.96. The van der Waals surface area contributed by atoms with Gasteiger partial charge in [0, 0.05) is 18.3 Å². The second kappa shape index (κ2) is 5.48. The van der Waals surface area contributed by atoms with Crippen LogP contribution in [0.1, 0.15) is 11.5 Å². The summed E-state index contributed by atoms with van der Waals surface area (Å²) in [7, 11) is 0. The van der Waals surface area contributed by atoms with Crippen LogP contribution < -0.4 is 0 Å². The highest BCUT2D eigenvalue weighted by molar-refractivity contribution is 5.57. The van der Waals surface area contributed by atoms with E-state index in [0.29, 0.717) is 0 Å². The number of pyridine rings is 1. The van der Waals surface area contributed by atoms with E-state index >= 15 is 0 Å². The Morgan fingerprint density at radius 2 is 1.68 bits per heavy atom. The van der Waals surface area contributed by atoms with Gasteiger partial charge in [-0.15, -0.1) is 0 Å². The summed E-state index contributed by atoms with van der Waals surface area (Å²) in [6.07, 6.45) is 5.50. The monoisotopic (exact) mass is 249 g/mol. The van der Waals surface area contributed by atoms with Crippen molar-refractivity contribution in [3.63, 3.8) is 0 Å². The molecule has 0 spiro atoms. The molecule has 0 unspecified atom stereocenters. The molecule has 3 rings (SSSR count). The lowest BCUT2D eigenvalue weighted by Crippen LogP contribution is -1.95. The van der Waals surface area contributed by atoms with Gasteiger partial charge < -0.3 is 4.98 Å². The first-order valence-corrected chi connectivity index (χ1v) is 6.41. The fourth-order valence-corrected chi connectivity index (χ4v) is 2.05. The van der Waals surface area contributed by atoms with Crippen LogP contribution in [0.5, 0.6) is 0 Å². The first-order valence-electron chi connectivity index (χ1n) is 6.41. The Labute approximate surface area is 112 Å². The third kappa shape index (κ3) is 2.88. The van der Waals surface area contributed by atoms with Crippen LogP contribution in [0.2, 0.25) is 0 Å². The molecule has 0 fully saturated rings. The molecular formula is C16H15N3. The third-order valence-electron chi connectivity index (χ3n) is 3.06. The molecule has 2 aromatic heterocycles. The van der Waals surface area contributed by atoms with Crippen LogP contribution in [-0.2, 0) is 12.8 Å². The summed E-state index contributed by atoms with van der Waals surface area (Å²) in [5, 5.41) is 0. The van der Waals surface area contributed by atoms with Crippen molar-refractivity contribution in [3.8, 4) is 11.3 Å². The molecule has 0 saturated heterocycles. The van der Waals surface area contributed by atoms with Crippen LogP contribution in [0.3, 0.4) is 0 Å². The van der Waals surface area contributed by atoms with E-state index in [0.717, 1.165) is 30.1 Å². The Hall–Kier alpha value is -2.42. The minimum absolute atomic E-state index is 0.879. The number of hydrogen-bond acceptors (Lipinski definition) is 2. The second-order valence-electron chi connectivity index (χ2n) is 4.43. The Bertz CT molecular complexity index is 629. The molecule has 0 aliphatic heterocycles. The number of nitrogens with one attached hydrogen (secondary N) is 1. The van der Waals surface area contributed by atoms with Crippen LogP contribution in [0.15, 0.2) is 60.9 Å². The van der Waals surface area contributed by atoms with Crippen molar-refractivity contribution in [1.82, 2.24) is 15.0 Å². The molecular weight excluding hydrogens is 234 g/mol. The molecule has 0 aliphatic rings. The van der Waals surface area contributed by atoms with Crippen molar-refractivity contribution in [3.05, 3.63) is 72.4 Å². The summed E-state index contributed by atoms with van der Waals surface area (Å²) in [6.45, 7) is 0. The smallest absolute Gasteiger partial charge is 0.106 e. The van der Waals surface area contributed by atoms with Crippen LogP contribution in [0.25, 0.3) is 11.3 Å². The standard InChI is InChI=1S/C16H15N3/c1-2-6-13(7-3-1)15-12-18-16(19-15)10-9-14-8-4-5-11-17-14/h1-8,11-12H,9-10H2,(H,18,19). The maximum absolute atomic E-state index is 4.42. The topological polar surface area (TPSA) is 41.6 Å². The van der Waals surface area contributed by atoms with Gasteiger partial charge in [0.05, 0.1) is 11.9 Å². The normalized spacial score (nSPS) is 10.5. The molecule has 19 heavy (non-hydrogen) atoms. The fraction of sp³-hybridized carbons (Fsp3) is 0.125. The molecule has 2 heterocycles. The molecule has 3 heteroatoms. The van der Waals surface area contributed by atoms with Gasteiger partial charge >= 0.3 is 0 Å². The summed E-state index contributed by atoms with van der Waals surface area (Å²) in [5.41, 5.74) is 3.33. The molecule has 3 aromatic rings. The molecule has 0 amide bonds. The van der Waals surface area contributed by atoms with Gasteiger partial charge in [-0.25, -0.2) is 4.98 Å². The number of benzene rings is 1. The van der Waals surface area contributed by atoms with Crippen LogP contribution in [0, 0.1) is 0 Å². The molecule has 1 N–H and O–H groups in total.